The second-order valence-electron chi connectivity index (χ2n) is 5.32. The molecule has 1 rings (SSSR count). The van der Waals surface area contributed by atoms with E-state index in [0.717, 1.165) is 44.5 Å². The number of carbonyl (C=O) groups is 2. The number of aliphatic carboxylic acids is 1. The molecule has 0 saturated carbocycles. The van der Waals surface area contributed by atoms with Gasteiger partial charge in [-0.2, -0.15) is 11.8 Å². The third kappa shape index (κ3) is 7.03. The molecule has 1 fully saturated rings. The van der Waals surface area contributed by atoms with Gasteiger partial charge in [-0.05, 0) is 50.0 Å². The molecule has 0 radical (unpaired) electrons. The molecule has 1 aliphatic rings. The number of piperidine rings is 1. The molecule has 0 spiro atoms. The topological polar surface area (TPSA) is 69.6 Å². The first-order valence-electron chi connectivity index (χ1n) is 7.37. The maximum Gasteiger partial charge on any atom is 0.317 e. The second kappa shape index (κ2) is 9.91. The maximum atomic E-state index is 12.0. The van der Waals surface area contributed by atoms with Gasteiger partial charge in [-0.15, -0.1) is 0 Å². The number of carboxylic acid groups (broad SMARTS) is 1. The average molecular weight is 302 g/mol. The van der Waals surface area contributed by atoms with Gasteiger partial charge in [0.25, 0.3) is 0 Å². The Morgan fingerprint density at radius 3 is 2.90 bits per heavy atom. The van der Waals surface area contributed by atoms with Crippen molar-refractivity contribution in [1.29, 1.82) is 0 Å². The van der Waals surface area contributed by atoms with Gasteiger partial charge in [0, 0.05) is 26.1 Å². The molecule has 1 saturated heterocycles. The highest BCUT2D eigenvalue weighted by atomic mass is 32.2. The minimum absolute atomic E-state index is 0.00850. The highest BCUT2D eigenvalue weighted by molar-refractivity contribution is 7.98. The number of hydrogen-bond donors (Lipinski definition) is 2. The van der Waals surface area contributed by atoms with E-state index in [0.29, 0.717) is 18.9 Å². The van der Waals surface area contributed by atoms with E-state index in [9.17, 15) is 9.59 Å². The number of nitrogens with zero attached hydrogens (tertiary/aromatic N) is 1. The van der Waals surface area contributed by atoms with Crippen molar-refractivity contribution in [3.8, 4) is 0 Å². The lowest BCUT2D eigenvalue weighted by atomic mass is 9.93. The number of amides is 2. The predicted octanol–water partition coefficient (Wildman–Crippen LogP) is 2.42. The molecule has 0 aromatic heterocycles. The third-order valence-electron chi connectivity index (χ3n) is 3.62. The number of unbranched alkanes of at least 4 members (excludes halogenated alkanes) is 1. The third-order valence-corrected chi connectivity index (χ3v) is 4.32. The van der Waals surface area contributed by atoms with Gasteiger partial charge in [0.05, 0.1) is 0 Å². The molecule has 1 heterocycles. The van der Waals surface area contributed by atoms with Crippen LogP contribution in [0.15, 0.2) is 0 Å². The fourth-order valence-electron chi connectivity index (χ4n) is 2.49. The molecule has 0 aromatic rings. The fourth-order valence-corrected chi connectivity index (χ4v) is 2.98. The zero-order chi connectivity index (χ0) is 14.8. The number of carbonyl (C=O) groups excluding carboxylic acids is 1. The van der Waals surface area contributed by atoms with Crippen molar-refractivity contribution in [3.63, 3.8) is 0 Å². The van der Waals surface area contributed by atoms with E-state index in [1.807, 2.05) is 16.7 Å². The standard InChI is InChI=1S/C14H26N2O3S/c1-20-10-3-2-8-15-14(19)16-9-4-5-12(11-16)6-7-13(17)18/h12H,2-11H2,1H3,(H,15,19)(H,17,18). The van der Waals surface area contributed by atoms with Crippen LogP contribution in [-0.4, -0.2) is 53.6 Å². The molecule has 5 nitrogen and oxygen atoms in total. The van der Waals surface area contributed by atoms with E-state index >= 15 is 0 Å². The number of rotatable bonds is 8. The van der Waals surface area contributed by atoms with Crippen LogP contribution in [0.25, 0.3) is 0 Å². The Morgan fingerprint density at radius 2 is 2.20 bits per heavy atom. The van der Waals surface area contributed by atoms with Gasteiger partial charge in [0.15, 0.2) is 0 Å². The molecular weight excluding hydrogens is 276 g/mol. The summed E-state index contributed by atoms with van der Waals surface area (Å²) in [6, 6.07) is 0.00850. The summed E-state index contributed by atoms with van der Waals surface area (Å²) in [6.07, 6.45) is 7.12. The van der Waals surface area contributed by atoms with Crippen LogP contribution < -0.4 is 5.32 Å². The first-order chi connectivity index (χ1) is 9.63. The van der Waals surface area contributed by atoms with Crippen LogP contribution in [-0.2, 0) is 4.79 Å². The smallest absolute Gasteiger partial charge is 0.317 e. The van der Waals surface area contributed by atoms with Gasteiger partial charge in [-0.25, -0.2) is 4.79 Å². The number of thioether (sulfide) groups is 1. The Kier molecular flexibility index (Phi) is 8.49. The Bertz CT molecular complexity index is 313. The van der Waals surface area contributed by atoms with Crippen molar-refractivity contribution < 1.29 is 14.7 Å². The van der Waals surface area contributed by atoms with E-state index in [2.05, 4.69) is 11.6 Å². The SMILES string of the molecule is CSCCCCNC(=O)N1CCCC(CCC(=O)O)C1. The van der Waals surface area contributed by atoms with Gasteiger partial charge in [-0.3, -0.25) is 4.79 Å². The lowest BCUT2D eigenvalue weighted by molar-refractivity contribution is -0.137. The van der Waals surface area contributed by atoms with Crippen LogP contribution >= 0.6 is 11.8 Å². The van der Waals surface area contributed by atoms with Gasteiger partial charge in [-0.1, -0.05) is 0 Å². The zero-order valence-corrected chi connectivity index (χ0v) is 13.1. The van der Waals surface area contributed by atoms with Crippen molar-refractivity contribution >= 4 is 23.8 Å². The summed E-state index contributed by atoms with van der Waals surface area (Å²) < 4.78 is 0. The molecule has 1 unspecified atom stereocenters. The summed E-state index contributed by atoms with van der Waals surface area (Å²) in [7, 11) is 0. The number of carboxylic acids is 1. The van der Waals surface area contributed by atoms with Crippen LogP contribution in [0.5, 0.6) is 0 Å². The van der Waals surface area contributed by atoms with E-state index in [1.54, 1.807) is 0 Å². The second-order valence-corrected chi connectivity index (χ2v) is 6.30. The molecule has 116 valence electrons. The lowest BCUT2D eigenvalue weighted by Crippen LogP contribution is -2.45. The molecule has 1 aliphatic heterocycles. The molecule has 0 aromatic carbocycles. The van der Waals surface area contributed by atoms with Crippen LogP contribution in [0.4, 0.5) is 4.79 Å². The normalized spacial score (nSPS) is 18.9. The molecule has 2 amide bonds. The Morgan fingerprint density at radius 1 is 1.40 bits per heavy atom. The van der Waals surface area contributed by atoms with Gasteiger partial charge in [0.2, 0.25) is 0 Å². The van der Waals surface area contributed by atoms with Crippen molar-refractivity contribution in [3.05, 3.63) is 0 Å². The number of hydrogen-bond acceptors (Lipinski definition) is 3. The van der Waals surface area contributed by atoms with E-state index < -0.39 is 5.97 Å². The van der Waals surface area contributed by atoms with Gasteiger partial charge >= 0.3 is 12.0 Å². The van der Waals surface area contributed by atoms with Gasteiger partial charge in [0.1, 0.15) is 0 Å². The zero-order valence-electron chi connectivity index (χ0n) is 12.3. The Hall–Kier alpha value is -0.910. The Balaban J connectivity index is 2.20. The number of nitrogens with one attached hydrogen (secondary N) is 1. The first-order valence-corrected chi connectivity index (χ1v) is 8.76. The Labute approximate surface area is 125 Å². The highest BCUT2D eigenvalue weighted by Crippen LogP contribution is 2.20. The highest BCUT2D eigenvalue weighted by Gasteiger charge is 2.23. The quantitative estimate of drug-likeness (QED) is 0.676. The van der Waals surface area contributed by atoms with Crippen LogP contribution in [0.2, 0.25) is 0 Å². The number of likely N-dealkylation sites (tertiary alicyclic amines) is 1. The molecule has 1 atom stereocenters. The summed E-state index contributed by atoms with van der Waals surface area (Å²) >= 11 is 1.83. The van der Waals surface area contributed by atoms with E-state index in [4.69, 9.17) is 5.11 Å². The average Bonchev–Trinajstić information content (AvgIpc) is 2.45. The van der Waals surface area contributed by atoms with Crippen molar-refractivity contribution in [1.82, 2.24) is 10.2 Å². The summed E-state index contributed by atoms with van der Waals surface area (Å²) in [4.78, 5) is 24.4. The number of urea groups is 1. The van der Waals surface area contributed by atoms with Crippen molar-refractivity contribution in [2.75, 3.05) is 31.6 Å². The maximum absolute atomic E-state index is 12.0. The fraction of sp³-hybridized carbons (Fsp3) is 0.857. The van der Waals surface area contributed by atoms with E-state index in [1.165, 1.54) is 0 Å². The van der Waals surface area contributed by atoms with Crippen molar-refractivity contribution in [2.24, 2.45) is 5.92 Å². The molecule has 0 bridgehead atoms. The molecule has 6 heteroatoms. The molecule has 20 heavy (non-hydrogen) atoms. The van der Waals surface area contributed by atoms with Crippen LogP contribution in [0, 0.1) is 5.92 Å². The molecule has 0 aliphatic carbocycles. The minimum Gasteiger partial charge on any atom is -0.481 e. The van der Waals surface area contributed by atoms with Crippen LogP contribution in [0.3, 0.4) is 0 Å². The largest absolute Gasteiger partial charge is 0.481 e. The minimum atomic E-state index is -0.750. The van der Waals surface area contributed by atoms with Gasteiger partial charge < -0.3 is 15.3 Å². The molecule has 2 N–H and O–H groups in total. The summed E-state index contributed by atoms with van der Waals surface area (Å²) in [5, 5.41) is 11.7. The lowest BCUT2D eigenvalue weighted by Gasteiger charge is -2.32. The van der Waals surface area contributed by atoms with E-state index in [-0.39, 0.29) is 12.5 Å². The summed E-state index contributed by atoms with van der Waals surface area (Å²) in [5.41, 5.74) is 0. The monoisotopic (exact) mass is 302 g/mol. The van der Waals surface area contributed by atoms with Crippen LogP contribution in [0.1, 0.15) is 38.5 Å². The summed E-state index contributed by atoms with van der Waals surface area (Å²) in [5.74, 6) is 0.721. The first kappa shape index (κ1) is 17.1. The molecular formula is C14H26N2O3S. The predicted molar refractivity (Wildman–Crippen MR) is 82.2 cm³/mol. The summed E-state index contributed by atoms with van der Waals surface area (Å²) in [6.45, 7) is 2.22. The van der Waals surface area contributed by atoms with Crippen molar-refractivity contribution in [2.45, 2.75) is 38.5 Å².